The van der Waals surface area contributed by atoms with Gasteiger partial charge in [-0.25, -0.2) is 4.98 Å². The number of thiazole rings is 1. The Bertz CT molecular complexity index is 1150. The molecule has 1 heterocycles. The highest BCUT2D eigenvalue weighted by molar-refractivity contribution is 7.11. The molecule has 0 bridgehead atoms. The molecule has 0 amide bonds. The van der Waals surface area contributed by atoms with E-state index in [1.54, 1.807) is 30.3 Å². The van der Waals surface area contributed by atoms with Crippen molar-refractivity contribution < 1.29 is 5.11 Å². The Labute approximate surface area is 167 Å². The largest absolute Gasteiger partial charge is 0.508 e. The molecule has 0 aliphatic carbocycles. The topological polar surface area (TPSA) is 56.9 Å². The minimum atomic E-state index is 0.200. The third-order valence-electron chi connectivity index (χ3n) is 4.35. The summed E-state index contributed by atoms with van der Waals surface area (Å²) in [5, 5.41) is 21.6. The van der Waals surface area contributed by atoms with E-state index in [9.17, 15) is 10.4 Å². The van der Waals surface area contributed by atoms with Gasteiger partial charge >= 0.3 is 0 Å². The fourth-order valence-corrected chi connectivity index (χ4v) is 3.67. The number of benzene rings is 3. The van der Waals surface area contributed by atoms with Gasteiger partial charge < -0.3 is 5.11 Å². The molecule has 0 unspecified atom stereocenters. The van der Waals surface area contributed by atoms with Crippen molar-refractivity contribution in [2.45, 2.75) is 0 Å². The van der Waals surface area contributed by atoms with E-state index < -0.39 is 0 Å². The van der Waals surface area contributed by atoms with Crippen molar-refractivity contribution in [2.24, 2.45) is 0 Å². The van der Waals surface area contributed by atoms with E-state index in [4.69, 9.17) is 0 Å². The molecular weight excluding hydrogens is 364 g/mol. The lowest BCUT2D eigenvalue weighted by molar-refractivity contribution is 0.475. The van der Waals surface area contributed by atoms with E-state index in [-0.39, 0.29) is 5.75 Å². The third kappa shape index (κ3) is 3.85. The van der Waals surface area contributed by atoms with Crippen molar-refractivity contribution >= 4 is 23.0 Å². The predicted molar refractivity (Wildman–Crippen MR) is 115 cm³/mol. The molecular formula is C24H16N2OS. The van der Waals surface area contributed by atoms with Crippen LogP contribution in [0.2, 0.25) is 0 Å². The van der Waals surface area contributed by atoms with Gasteiger partial charge in [0.1, 0.15) is 16.8 Å². The summed E-state index contributed by atoms with van der Waals surface area (Å²) in [6, 6.07) is 27.5. The second-order valence-electron chi connectivity index (χ2n) is 6.24. The Morgan fingerprint density at radius 1 is 0.857 bits per heavy atom. The highest BCUT2D eigenvalue weighted by atomic mass is 32.1. The number of phenolic OH excluding ortho intramolecular Hbond substituents is 1. The van der Waals surface area contributed by atoms with Crippen LogP contribution in [-0.2, 0) is 0 Å². The zero-order valence-corrected chi connectivity index (χ0v) is 15.7. The highest BCUT2D eigenvalue weighted by Crippen LogP contribution is 2.29. The van der Waals surface area contributed by atoms with Crippen molar-refractivity contribution in [1.82, 2.24) is 4.98 Å². The van der Waals surface area contributed by atoms with E-state index >= 15 is 0 Å². The smallest absolute Gasteiger partial charge is 0.134 e. The maximum absolute atomic E-state index is 9.54. The SMILES string of the molecule is N#C/C(=C/c1ccc(O)cc1)c1nc(-c2ccc(-c3ccccc3)cc2)cs1. The number of aromatic hydroxyl groups is 1. The minimum Gasteiger partial charge on any atom is -0.508 e. The van der Waals surface area contributed by atoms with E-state index in [1.807, 2.05) is 23.6 Å². The molecule has 3 aromatic carbocycles. The van der Waals surface area contributed by atoms with Crippen LogP contribution in [-0.4, -0.2) is 10.1 Å². The van der Waals surface area contributed by atoms with E-state index in [0.717, 1.165) is 22.4 Å². The van der Waals surface area contributed by atoms with Crippen LogP contribution in [0.15, 0.2) is 84.2 Å². The number of nitrogens with zero attached hydrogens (tertiary/aromatic N) is 2. The molecule has 0 atom stereocenters. The maximum Gasteiger partial charge on any atom is 0.134 e. The lowest BCUT2D eigenvalue weighted by atomic mass is 10.0. The Hall–Kier alpha value is -3.68. The molecule has 0 spiro atoms. The van der Waals surface area contributed by atoms with Gasteiger partial charge in [0, 0.05) is 10.9 Å². The van der Waals surface area contributed by atoms with E-state index in [1.165, 1.54) is 16.9 Å². The zero-order valence-electron chi connectivity index (χ0n) is 14.9. The zero-order chi connectivity index (χ0) is 19.3. The summed E-state index contributed by atoms with van der Waals surface area (Å²) in [7, 11) is 0. The van der Waals surface area contributed by atoms with Gasteiger partial charge in [-0.05, 0) is 34.9 Å². The number of aromatic nitrogens is 1. The predicted octanol–water partition coefficient (Wildman–Crippen LogP) is 6.25. The molecule has 3 nitrogen and oxygen atoms in total. The number of allylic oxidation sites excluding steroid dienone is 1. The first-order chi connectivity index (χ1) is 13.7. The summed E-state index contributed by atoms with van der Waals surface area (Å²) in [6.07, 6.45) is 1.78. The fraction of sp³-hybridized carbons (Fsp3) is 0. The van der Waals surface area contributed by atoms with Crippen molar-refractivity contribution in [3.05, 3.63) is 94.8 Å². The molecule has 1 aromatic heterocycles. The lowest BCUT2D eigenvalue weighted by Crippen LogP contribution is -1.83. The van der Waals surface area contributed by atoms with Crippen LogP contribution >= 0.6 is 11.3 Å². The second-order valence-corrected chi connectivity index (χ2v) is 7.10. The van der Waals surface area contributed by atoms with Crippen LogP contribution in [0, 0.1) is 11.3 Å². The van der Waals surface area contributed by atoms with Gasteiger partial charge in [-0.1, -0.05) is 66.7 Å². The Morgan fingerprint density at radius 2 is 1.50 bits per heavy atom. The molecule has 0 aliphatic heterocycles. The molecule has 4 rings (SSSR count). The number of phenols is 1. The van der Waals surface area contributed by atoms with Gasteiger partial charge in [0.25, 0.3) is 0 Å². The van der Waals surface area contributed by atoms with Crippen molar-refractivity contribution in [1.29, 1.82) is 5.26 Å². The van der Waals surface area contributed by atoms with E-state index in [2.05, 4.69) is 47.5 Å². The van der Waals surface area contributed by atoms with Gasteiger partial charge in [0.15, 0.2) is 0 Å². The monoisotopic (exact) mass is 380 g/mol. The molecule has 1 N–H and O–H groups in total. The number of hydrogen-bond donors (Lipinski definition) is 1. The number of hydrogen-bond acceptors (Lipinski definition) is 4. The summed E-state index contributed by atoms with van der Waals surface area (Å²) in [4.78, 5) is 4.65. The first-order valence-corrected chi connectivity index (χ1v) is 9.63. The molecule has 0 radical (unpaired) electrons. The standard InChI is InChI=1S/C24H16N2OS/c25-15-21(14-17-6-12-22(27)13-7-17)24-26-23(16-28-24)20-10-8-19(9-11-20)18-4-2-1-3-5-18/h1-14,16,27H/b21-14-. The van der Waals surface area contributed by atoms with Gasteiger partial charge in [-0.15, -0.1) is 11.3 Å². The molecule has 28 heavy (non-hydrogen) atoms. The molecule has 134 valence electrons. The summed E-state index contributed by atoms with van der Waals surface area (Å²) in [5.41, 5.74) is 5.55. The van der Waals surface area contributed by atoms with Gasteiger partial charge in [0.2, 0.25) is 0 Å². The molecule has 0 aliphatic rings. The van der Waals surface area contributed by atoms with Crippen molar-refractivity contribution in [3.8, 4) is 34.2 Å². The van der Waals surface area contributed by atoms with Crippen LogP contribution in [0.5, 0.6) is 5.75 Å². The van der Waals surface area contributed by atoms with Crippen molar-refractivity contribution in [2.75, 3.05) is 0 Å². The Kier molecular flexibility index (Phi) is 5.01. The van der Waals surface area contributed by atoms with E-state index in [0.29, 0.717) is 10.6 Å². The van der Waals surface area contributed by atoms with Crippen LogP contribution in [0.25, 0.3) is 34.0 Å². The highest BCUT2D eigenvalue weighted by Gasteiger charge is 2.09. The Balaban J connectivity index is 1.60. The first-order valence-electron chi connectivity index (χ1n) is 8.75. The van der Waals surface area contributed by atoms with Crippen LogP contribution < -0.4 is 0 Å². The Morgan fingerprint density at radius 3 is 2.18 bits per heavy atom. The molecule has 0 fully saturated rings. The fourth-order valence-electron chi connectivity index (χ4n) is 2.87. The van der Waals surface area contributed by atoms with Gasteiger partial charge in [-0.3, -0.25) is 0 Å². The average Bonchev–Trinajstić information content (AvgIpc) is 3.24. The van der Waals surface area contributed by atoms with Crippen LogP contribution in [0.4, 0.5) is 0 Å². The molecule has 4 aromatic rings. The summed E-state index contributed by atoms with van der Waals surface area (Å²) >= 11 is 1.45. The summed E-state index contributed by atoms with van der Waals surface area (Å²) in [5.74, 6) is 0.200. The van der Waals surface area contributed by atoms with Gasteiger partial charge in [0.05, 0.1) is 11.3 Å². The lowest BCUT2D eigenvalue weighted by Gasteiger charge is -2.02. The summed E-state index contributed by atoms with van der Waals surface area (Å²) < 4.78 is 0. The quantitative estimate of drug-likeness (QED) is 0.426. The number of nitriles is 1. The maximum atomic E-state index is 9.54. The average molecular weight is 380 g/mol. The minimum absolute atomic E-state index is 0.200. The molecule has 0 saturated heterocycles. The third-order valence-corrected chi connectivity index (χ3v) is 5.22. The normalized spacial score (nSPS) is 11.2. The van der Waals surface area contributed by atoms with Gasteiger partial charge in [-0.2, -0.15) is 5.26 Å². The summed E-state index contributed by atoms with van der Waals surface area (Å²) in [6.45, 7) is 0. The second kappa shape index (κ2) is 7.91. The van der Waals surface area contributed by atoms with Crippen molar-refractivity contribution in [3.63, 3.8) is 0 Å². The molecule has 0 saturated carbocycles. The number of rotatable bonds is 4. The van der Waals surface area contributed by atoms with Crippen LogP contribution in [0.3, 0.4) is 0 Å². The van der Waals surface area contributed by atoms with Crippen LogP contribution in [0.1, 0.15) is 10.6 Å². The first kappa shape index (κ1) is 17.7. The molecule has 4 heteroatoms.